The van der Waals surface area contributed by atoms with Crippen LogP contribution in [0.4, 0.5) is 0 Å². The Balaban J connectivity index is 1.51. The third-order valence-electron chi connectivity index (χ3n) is 10.9. The van der Waals surface area contributed by atoms with E-state index >= 15 is 0 Å². The van der Waals surface area contributed by atoms with Crippen molar-refractivity contribution in [2.24, 2.45) is 52.3 Å². The van der Waals surface area contributed by atoms with Crippen LogP contribution in [0.3, 0.4) is 0 Å². The van der Waals surface area contributed by atoms with Gasteiger partial charge in [-0.05, 0) is 104 Å². The number of Topliss-reactive ketones (excluding diaryl/α,β-unsaturated/α-hetero) is 1. The van der Waals surface area contributed by atoms with Gasteiger partial charge in [0.25, 0.3) is 0 Å². The number of fused-ring (bicyclic) bond motifs is 5. The van der Waals surface area contributed by atoms with Gasteiger partial charge in [-0.25, -0.2) is 0 Å². The first-order valence-corrected chi connectivity index (χ1v) is 13.0. The topological polar surface area (TPSA) is 57.5 Å². The molecule has 0 radical (unpaired) electrons. The first kappa shape index (κ1) is 22.8. The lowest BCUT2D eigenvalue weighted by Gasteiger charge is -2.62. The molecule has 0 amide bonds. The van der Waals surface area contributed by atoms with E-state index < -0.39 is 0 Å². The lowest BCUT2D eigenvalue weighted by atomic mass is 9.43. The molecule has 0 spiro atoms. The van der Waals surface area contributed by atoms with Crippen molar-refractivity contribution >= 4 is 5.78 Å². The Morgan fingerprint density at radius 3 is 2.30 bits per heavy atom. The predicted octanol–water partition coefficient (Wildman–Crippen LogP) is 5.62. The lowest BCUT2D eigenvalue weighted by Crippen LogP contribution is -2.58. The van der Waals surface area contributed by atoms with E-state index in [2.05, 4.69) is 20.8 Å². The molecule has 3 heteroatoms. The minimum Gasteiger partial charge on any atom is -0.393 e. The molecule has 4 fully saturated rings. The van der Waals surface area contributed by atoms with Gasteiger partial charge in [0.15, 0.2) is 0 Å². The molecule has 3 nitrogen and oxygen atoms in total. The highest BCUT2D eigenvalue weighted by Gasteiger charge is 2.62. The largest absolute Gasteiger partial charge is 0.393 e. The van der Waals surface area contributed by atoms with E-state index in [1.807, 2.05) is 13.8 Å². The highest BCUT2D eigenvalue weighted by atomic mass is 16.3. The van der Waals surface area contributed by atoms with Crippen molar-refractivity contribution in [2.75, 3.05) is 0 Å². The molecule has 4 aliphatic carbocycles. The van der Waals surface area contributed by atoms with Crippen molar-refractivity contribution in [3.05, 3.63) is 0 Å². The second-order valence-corrected chi connectivity index (χ2v) is 12.6. The second-order valence-electron chi connectivity index (χ2n) is 12.6. The number of hydrogen-bond acceptors (Lipinski definition) is 3. The number of rotatable bonds is 5. The predicted molar refractivity (Wildman–Crippen MR) is 121 cm³/mol. The third kappa shape index (κ3) is 3.60. The van der Waals surface area contributed by atoms with Crippen molar-refractivity contribution in [1.29, 1.82) is 0 Å². The van der Waals surface area contributed by atoms with Crippen molar-refractivity contribution in [3.63, 3.8) is 0 Å². The molecule has 0 heterocycles. The smallest absolute Gasteiger partial charge is 0.135 e. The van der Waals surface area contributed by atoms with Crippen molar-refractivity contribution < 1.29 is 15.0 Å². The molecule has 0 bridgehead atoms. The molecule has 0 aromatic carbocycles. The number of ketones is 1. The Morgan fingerprint density at radius 2 is 1.60 bits per heavy atom. The molecule has 30 heavy (non-hydrogen) atoms. The van der Waals surface area contributed by atoms with E-state index in [0.717, 1.165) is 38.5 Å². The Labute approximate surface area is 184 Å². The summed E-state index contributed by atoms with van der Waals surface area (Å²) in [5, 5.41) is 21.6. The maximum absolute atomic E-state index is 12.2. The van der Waals surface area contributed by atoms with Crippen LogP contribution in [0.5, 0.6) is 0 Å². The summed E-state index contributed by atoms with van der Waals surface area (Å²) in [5.74, 6) is 4.01. The summed E-state index contributed by atoms with van der Waals surface area (Å²) in [4.78, 5) is 12.2. The molecule has 4 saturated carbocycles. The molecule has 0 aliphatic heterocycles. The SMILES string of the molecule is CC(C)C(=O)CCC(C)C1CCC2C3C(O)C[C@@H]4CC(O)CC[C@]4(C)C3CCC12C. The molecule has 0 saturated heterocycles. The highest BCUT2D eigenvalue weighted by molar-refractivity contribution is 5.80. The number of hydrogen-bond donors (Lipinski definition) is 2. The van der Waals surface area contributed by atoms with Gasteiger partial charge in [-0.3, -0.25) is 4.79 Å². The van der Waals surface area contributed by atoms with Crippen LogP contribution in [-0.4, -0.2) is 28.2 Å². The Hall–Kier alpha value is -0.410. The first-order valence-electron chi connectivity index (χ1n) is 13.0. The summed E-state index contributed by atoms with van der Waals surface area (Å²) in [6, 6.07) is 0. The Kier molecular flexibility index (Phi) is 6.21. The maximum Gasteiger partial charge on any atom is 0.135 e. The van der Waals surface area contributed by atoms with Crippen molar-refractivity contribution in [2.45, 2.75) is 111 Å². The van der Waals surface area contributed by atoms with Crippen LogP contribution in [-0.2, 0) is 4.79 Å². The Bertz CT molecular complexity index is 644. The highest BCUT2D eigenvalue weighted by Crippen LogP contribution is 2.68. The van der Waals surface area contributed by atoms with Crippen LogP contribution in [0.1, 0.15) is 98.8 Å². The zero-order valence-corrected chi connectivity index (χ0v) is 20.1. The lowest BCUT2D eigenvalue weighted by molar-refractivity contribution is -0.174. The van der Waals surface area contributed by atoms with Crippen LogP contribution in [0.2, 0.25) is 0 Å². The van der Waals surface area contributed by atoms with Gasteiger partial charge < -0.3 is 10.2 Å². The quantitative estimate of drug-likeness (QED) is 0.609. The second kappa shape index (κ2) is 8.18. The van der Waals surface area contributed by atoms with Gasteiger partial charge in [0.2, 0.25) is 0 Å². The third-order valence-corrected chi connectivity index (χ3v) is 10.9. The van der Waals surface area contributed by atoms with Gasteiger partial charge in [0.05, 0.1) is 12.2 Å². The average Bonchev–Trinajstić information content (AvgIpc) is 3.04. The van der Waals surface area contributed by atoms with Crippen LogP contribution in [0.15, 0.2) is 0 Å². The molecular formula is C27H46O3. The van der Waals surface area contributed by atoms with Crippen LogP contribution in [0, 0.1) is 52.3 Å². The van der Waals surface area contributed by atoms with E-state index in [4.69, 9.17) is 0 Å². The van der Waals surface area contributed by atoms with E-state index in [1.165, 1.54) is 25.7 Å². The minimum absolute atomic E-state index is 0.152. The molecule has 0 aromatic rings. The van der Waals surface area contributed by atoms with Crippen LogP contribution >= 0.6 is 0 Å². The summed E-state index contributed by atoms with van der Waals surface area (Å²) < 4.78 is 0. The van der Waals surface area contributed by atoms with E-state index in [9.17, 15) is 15.0 Å². The van der Waals surface area contributed by atoms with E-state index in [1.54, 1.807) is 0 Å². The summed E-state index contributed by atoms with van der Waals surface area (Å²) in [7, 11) is 0. The molecule has 0 aromatic heterocycles. The standard InChI is InChI=1S/C27H46O3/c1-16(2)23(29)9-6-17(3)20-7-8-21-25-22(11-13-27(20,21)5)26(4)12-10-19(28)14-18(26)15-24(25)30/h16-22,24-25,28,30H,6-15H2,1-5H3/t17?,18-,19?,20?,21?,22?,24?,25?,26-,27?/m0/s1. The molecule has 4 aliphatic rings. The monoisotopic (exact) mass is 418 g/mol. The zero-order chi connectivity index (χ0) is 21.8. The van der Waals surface area contributed by atoms with Gasteiger partial charge in [0.1, 0.15) is 5.78 Å². The average molecular weight is 419 g/mol. The van der Waals surface area contributed by atoms with E-state index in [0.29, 0.717) is 52.1 Å². The molecule has 172 valence electrons. The minimum atomic E-state index is -0.195. The molecule has 8 unspecified atom stereocenters. The fourth-order valence-corrected chi connectivity index (χ4v) is 9.04. The van der Waals surface area contributed by atoms with Crippen molar-refractivity contribution in [3.8, 4) is 0 Å². The summed E-state index contributed by atoms with van der Waals surface area (Å²) in [6.45, 7) is 11.4. The zero-order valence-electron chi connectivity index (χ0n) is 20.1. The number of carbonyl (C=O) groups is 1. The van der Waals surface area contributed by atoms with Gasteiger partial charge in [-0.2, -0.15) is 0 Å². The summed E-state index contributed by atoms with van der Waals surface area (Å²) in [6.07, 6.45) is 10.3. The van der Waals surface area contributed by atoms with Gasteiger partial charge >= 0.3 is 0 Å². The van der Waals surface area contributed by atoms with Crippen LogP contribution < -0.4 is 0 Å². The fourth-order valence-electron chi connectivity index (χ4n) is 9.04. The van der Waals surface area contributed by atoms with Crippen molar-refractivity contribution in [1.82, 2.24) is 0 Å². The van der Waals surface area contributed by atoms with Gasteiger partial charge in [0, 0.05) is 12.3 Å². The summed E-state index contributed by atoms with van der Waals surface area (Å²) >= 11 is 0. The maximum atomic E-state index is 12.2. The molecule has 10 atom stereocenters. The molecular weight excluding hydrogens is 372 g/mol. The number of aliphatic hydroxyl groups excluding tert-OH is 2. The Morgan fingerprint density at radius 1 is 0.933 bits per heavy atom. The number of aliphatic hydroxyl groups is 2. The van der Waals surface area contributed by atoms with Gasteiger partial charge in [-0.15, -0.1) is 0 Å². The normalized spacial score (nSPS) is 49.3. The summed E-state index contributed by atoms with van der Waals surface area (Å²) in [5.41, 5.74) is 0.623. The van der Waals surface area contributed by atoms with E-state index in [-0.39, 0.29) is 18.1 Å². The fraction of sp³-hybridized carbons (Fsp3) is 0.963. The van der Waals surface area contributed by atoms with Crippen LogP contribution in [0.25, 0.3) is 0 Å². The molecule has 4 rings (SSSR count). The first-order chi connectivity index (χ1) is 14.1. The van der Waals surface area contributed by atoms with Gasteiger partial charge in [-0.1, -0.05) is 34.6 Å². The number of carbonyl (C=O) groups excluding carboxylic acids is 1. The molecule has 2 N–H and O–H groups in total.